The zero-order valence-electron chi connectivity index (χ0n) is 16.1. The molecule has 0 saturated carbocycles. The smallest absolute Gasteiger partial charge is 0.232 e. The van der Waals surface area contributed by atoms with E-state index in [0.717, 1.165) is 0 Å². The summed E-state index contributed by atoms with van der Waals surface area (Å²) in [6, 6.07) is 6.48. The Hall–Kier alpha value is -2.52. The maximum absolute atomic E-state index is 12.1. The number of carbonyl (C=O) groups is 1. The SMILES string of the molecule is CCS(=O)(=O)Nc1ccc(C(=O)CN2C=CN(C)C2)cc1.Cl.Cn1ccnc1. The van der Waals surface area contributed by atoms with Crippen LogP contribution < -0.4 is 4.72 Å². The average Bonchev–Trinajstić information content (AvgIpc) is 3.27. The molecule has 0 spiro atoms. The van der Waals surface area contributed by atoms with E-state index in [4.69, 9.17) is 0 Å². The van der Waals surface area contributed by atoms with Crippen LogP contribution >= 0.6 is 12.4 Å². The quantitative estimate of drug-likeness (QED) is 0.711. The predicted molar refractivity (Wildman–Crippen MR) is 113 cm³/mol. The van der Waals surface area contributed by atoms with Gasteiger partial charge in [0.05, 0.1) is 25.3 Å². The first-order valence-corrected chi connectivity index (χ1v) is 10.1. The number of ketones is 1. The van der Waals surface area contributed by atoms with Crippen LogP contribution in [-0.2, 0) is 17.1 Å². The van der Waals surface area contributed by atoms with E-state index in [1.54, 1.807) is 43.7 Å². The molecule has 1 aliphatic heterocycles. The fraction of sp³-hybridized carbons (Fsp3) is 0.333. The van der Waals surface area contributed by atoms with E-state index in [2.05, 4.69) is 9.71 Å². The van der Waals surface area contributed by atoms with E-state index < -0.39 is 10.0 Å². The van der Waals surface area contributed by atoms with E-state index in [1.165, 1.54) is 0 Å². The molecular weight excluding hydrogens is 402 g/mol. The van der Waals surface area contributed by atoms with Gasteiger partial charge in [0, 0.05) is 50.1 Å². The Morgan fingerprint density at radius 3 is 2.29 bits per heavy atom. The Morgan fingerprint density at radius 2 is 1.86 bits per heavy atom. The molecule has 1 aromatic carbocycles. The van der Waals surface area contributed by atoms with Gasteiger partial charge in [-0.1, -0.05) is 0 Å². The van der Waals surface area contributed by atoms with Crippen molar-refractivity contribution in [2.24, 2.45) is 7.05 Å². The lowest BCUT2D eigenvalue weighted by atomic mass is 10.1. The minimum atomic E-state index is -3.29. The van der Waals surface area contributed by atoms with Crippen molar-refractivity contribution in [3.63, 3.8) is 0 Å². The number of sulfonamides is 1. The van der Waals surface area contributed by atoms with Crippen LogP contribution in [0, 0.1) is 0 Å². The van der Waals surface area contributed by atoms with Gasteiger partial charge in [-0.2, -0.15) is 0 Å². The van der Waals surface area contributed by atoms with Gasteiger partial charge >= 0.3 is 0 Å². The molecule has 1 aliphatic rings. The standard InChI is InChI=1S/C14H19N3O3S.C4H6N2.ClH/c1-3-21(19,20)15-13-6-4-12(5-7-13)14(18)10-17-9-8-16(2)11-17;1-6-3-2-5-4-6;/h4-9,15H,3,10-11H2,1-2H3;2-4H,1H3;1H. The van der Waals surface area contributed by atoms with Crippen molar-refractivity contribution in [1.29, 1.82) is 0 Å². The number of aryl methyl sites for hydroxylation is 1. The third-order valence-electron chi connectivity index (χ3n) is 3.78. The second kappa shape index (κ2) is 10.7. The zero-order valence-corrected chi connectivity index (χ0v) is 17.8. The molecule has 0 aliphatic carbocycles. The number of Topliss-reactive ketones (excluding diaryl/α,β-unsaturated/α-hetero) is 1. The summed E-state index contributed by atoms with van der Waals surface area (Å²) in [6.07, 6.45) is 9.18. The fourth-order valence-electron chi connectivity index (χ4n) is 2.27. The number of rotatable bonds is 6. The predicted octanol–water partition coefficient (Wildman–Crippen LogP) is 2.15. The molecule has 3 rings (SSSR count). The fourth-order valence-corrected chi connectivity index (χ4v) is 2.91. The number of aromatic nitrogens is 2. The van der Waals surface area contributed by atoms with Gasteiger partial charge in [-0.25, -0.2) is 13.4 Å². The summed E-state index contributed by atoms with van der Waals surface area (Å²) < 4.78 is 27.2. The molecule has 2 heterocycles. The molecule has 0 saturated heterocycles. The number of imidazole rings is 1. The minimum Gasteiger partial charge on any atom is -0.362 e. The first kappa shape index (κ1) is 23.5. The Bertz CT molecular complexity index is 867. The van der Waals surface area contributed by atoms with E-state index in [1.807, 2.05) is 47.1 Å². The summed E-state index contributed by atoms with van der Waals surface area (Å²) in [5, 5.41) is 0. The molecular formula is C18H26ClN5O3S. The van der Waals surface area contributed by atoms with Crippen molar-refractivity contribution in [3.05, 3.63) is 60.9 Å². The largest absolute Gasteiger partial charge is 0.362 e. The molecule has 1 N–H and O–H groups in total. The molecule has 8 nitrogen and oxygen atoms in total. The lowest BCUT2D eigenvalue weighted by Gasteiger charge is -2.17. The van der Waals surface area contributed by atoms with E-state index in [9.17, 15) is 13.2 Å². The number of carbonyl (C=O) groups excluding carboxylic acids is 1. The molecule has 10 heteroatoms. The first-order chi connectivity index (χ1) is 12.8. The summed E-state index contributed by atoms with van der Waals surface area (Å²) in [5.74, 6) is 0.0162. The summed E-state index contributed by atoms with van der Waals surface area (Å²) >= 11 is 0. The van der Waals surface area contributed by atoms with Gasteiger partial charge in [-0.3, -0.25) is 9.52 Å². The molecule has 1 aromatic heterocycles. The van der Waals surface area contributed by atoms with E-state index in [0.29, 0.717) is 24.5 Å². The van der Waals surface area contributed by atoms with Crippen molar-refractivity contribution in [2.75, 3.05) is 30.7 Å². The number of hydrogen-bond acceptors (Lipinski definition) is 6. The van der Waals surface area contributed by atoms with Crippen LogP contribution in [0.5, 0.6) is 0 Å². The topological polar surface area (TPSA) is 87.5 Å². The lowest BCUT2D eigenvalue weighted by molar-refractivity contribution is 0.0948. The molecule has 0 bridgehead atoms. The zero-order chi connectivity index (χ0) is 19.9. The number of anilines is 1. The van der Waals surface area contributed by atoms with Crippen molar-refractivity contribution in [2.45, 2.75) is 6.92 Å². The number of halogens is 1. The maximum atomic E-state index is 12.1. The summed E-state index contributed by atoms with van der Waals surface area (Å²) in [7, 11) is 0.589. The number of benzene rings is 1. The Kier molecular flexibility index (Phi) is 9.01. The normalized spacial score (nSPS) is 12.8. The maximum Gasteiger partial charge on any atom is 0.232 e. The van der Waals surface area contributed by atoms with Crippen LogP contribution in [-0.4, -0.2) is 59.6 Å². The van der Waals surface area contributed by atoms with Gasteiger partial charge in [0.25, 0.3) is 0 Å². The van der Waals surface area contributed by atoms with Gasteiger partial charge in [0.15, 0.2) is 5.78 Å². The van der Waals surface area contributed by atoms with Crippen molar-refractivity contribution >= 4 is 33.9 Å². The third-order valence-corrected chi connectivity index (χ3v) is 5.09. The number of hydrogen-bond donors (Lipinski definition) is 1. The first-order valence-electron chi connectivity index (χ1n) is 8.47. The van der Waals surface area contributed by atoms with Crippen LogP contribution in [0.2, 0.25) is 0 Å². The molecule has 28 heavy (non-hydrogen) atoms. The summed E-state index contributed by atoms with van der Waals surface area (Å²) in [6.45, 7) is 2.57. The summed E-state index contributed by atoms with van der Waals surface area (Å²) in [5.41, 5.74) is 1.03. The van der Waals surface area contributed by atoms with Gasteiger partial charge < -0.3 is 14.4 Å². The highest BCUT2D eigenvalue weighted by Crippen LogP contribution is 2.13. The van der Waals surface area contributed by atoms with Gasteiger partial charge in [0.1, 0.15) is 0 Å². The molecule has 0 amide bonds. The van der Waals surface area contributed by atoms with Crippen molar-refractivity contribution in [3.8, 4) is 0 Å². The Labute approximate surface area is 172 Å². The Balaban J connectivity index is 0.000000478. The van der Waals surface area contributed by atoms with Gasteiger partial charge in [-0.15, -0.1) is 12.4 Å². The highest BCUT2D eigenvalue weighted by Gasteiger charge is 2.14. The second-order valence-corrected chi connectivity index (χ2v) is 8.19. The Morgan fingerprint density at radius 1 is 1.18 bits per heavy atom. The average molecular weight is 428 g/mol. The van der Waals surface area contributed by atoms with Crippen LogP contribution in [0.1, 0.15) is 17.3 Å². The molecule has 0 radical (unpaired) electrons. The van der Waals surface area contributed by atoms with Crippen LogP contribution in [0.4, 0.5) is 5.69 Å². The summed E-state index contributed by atoms with van der Waals surface area (Å²) in [4.78, 5) is 19.8. The molecule has 154 valence electrons. The highest BCUT2D eigenvalue weighted by molar-refractivity contribution is 7.92. The van der Waals surface area contributed by atoms with Gasteiger partial charge in [-0.05, 0) is 31.2 Å². The molecule has 0 fully saturated rings. The van der Waals surface area contributed by atoms with Crippen molar-refractivity contribution in [1.82, 2.24) is 19.4 Å². The molecule has 0 unspecified atom stereocenters. The van der Waals surface area contributed by atoms with Crippen LogP contribution in [0.3, 0.4) is 0 Å². The number of nitrogens with zero attached hydrogens (tertiary/aromatic N) is 4. The van der Waals surface area contributed by atoms with Crippen LogP contribution in [0.25, 0.3) is 0 Å². The second-order valence-electron chi connectivity index (χ2n) is 6.18. The monoisotopic (exact) mass is 427 g/mol. The van der Waals surface area contributed by atoms with Crippen LogP contribution in [0.15, 0.2) is 55.4 Å². The minimum absolute atomic E-state index is 0. The molecule has 0 atom stereocenters. The lowest BCUT2D eigenvalue weighted by Crippen LogP contribution is -2.28. The highest BCUT2D eigenvalue weighted by atomic mass is 35.5. The van der Waals surface area contributed by atoms with E-state index in [-0.39, 0.29) is 23.9 Å². The van der Waals surface area contributed by atoms with E-state index >= 15 is 0 Å². The molecule has 2 aromatic rings. The third kappa shape index (κ3) is 7.61. The van der Waals surface area contributed by atoms with Gasteiger partial charge in [0.2, 0.25) is 10.0 Å². The van der Waals surface area contributed by atoms with Crippen molar-refractivity contribution < 1.29 is 13.2 Å². The number of nitrogens with one attached hydrogen (secondary N) is 1.